The van der Waals surface area contributed by atoms with Crippen molar-refractivity contribution in [3.8, 4) is 6.07 Å². The highest BCUT2D eigenvalue weighted by atomic mass is 16.4. The maximum absolute atomic E-state index is 10.7. The van der Waals surface area contributed by atoms with Gasteiger partial charge in [-0.15, -0.1) is 0 Å². The molecule has 0 spiro atoms. The Bertz CT molecular complexity index is 376. The summed E-state index contributed by atoms with van der Waals surface area (Å²) in [6.45, 7) is 2.32. The normalized spacial score (nSPS) is 9.71. The molecule has 14 heavy (non-hydrogen) atoms. The van der Waals surface area contributed by atoms with Crippen LogP contribution in [0.4, 0.5) is 0 Å². The van der Waals surface area contributed by atoms with Gasteiger partial charge >= 0.3 is 5.97 Å². The number of hydrogen-bond donors (Lipinski definition) is 1. The molecule has 0 amide bonds. The number of carbonyl (C=O) groups is 1. The molecule has 0 aliphatic rings. The first kappa shape index (κ1) is 10.3. The molecule has 0 aliphatic heterocycles. The van der Waals surface area contributed by atoms with Crippen LogP contribution in [0.5, 0.6) is 0 Å². The fraction of sp³-hybridized carbons (Fsp3) is 0.444. The number of carboxylic acids is 1. The monoisotopic (exact) mass is 193 g/mol. The van der Waals surface area contributed by atoms with E-state index in [1.165, 1.54) is 6.20 Å². The van der Waals surface area contributed by atoms with Crippen molar-refractivity contribution in [2.75, 3.05) is 0 Å². The van der Waals surface area contributed by atoms with Gasteiger partial charge in [0, 0.05) is 0 Å². The van der Waals surface area contributed by atoms with E-state index < -0.39 is 5.97 Å². The second kappa shape index (κ2) is 4.42. The van der Waals surface area contributed by atoms with Crippen LogP contribution in [-0.2, 0) is 13.0 Å². The van der Waals surface area contributed by atoms with E-state index >= 15 is 0 Å². The van der Waals surface area contributed by atoms with Gasteiger partial charge in [-0.3, -0.25) is 4.68 Å². The molecule has 1 aromatic heterocycles. The third-order valence-corrected chi connectivity index (χ3v) is 1.95. The van der Waals surface area contributed by atoms with E-state index in [-0.39, 0.29) is 5.56 Å². The average molecular weight is 193 g/mol. The molecule has 0 aliphatic carbocycles. The highest BCUT2D eigenvalue weighted by molar-refractivity contribution is 5.88. The van der Waals surface area contributed by atoms with Gasteiger partial charge in [-0.2, -0.15) is 10.4 Å². The van der Waals surface area contributed by atoms with Crippen LogP contribution in [0.25, 0.3) is 0 Å². The summed E-state index contributed by atoms with van der Waals surface area (Å²) in [5, 5.41) is 21.1. The highest BCUT2D eigenvalue weighted by Crippen LogP contribution is 2.09. The lowest BCUT2D eigenvalue weighted by Gasteiger charge is -2.03. The van der Waals surface area contributed by atoms with E-state index in [4.69, 9.17) is 10.4 Å². The topological polar surface area (TPSA) is 78.9 Å². The van der Waals surface area contributed by atoms with Crippen molar-refractivity contribution in [2.45, 2.75) is 26.3 Å². The minimum atomic E-state index is -0.968. The Labute approximate surface area is 81.6 Å². The molecule has 0 fully saturated rings. The quantitative estimate of drug-likeness (QED) is 0.775. The molecule has 5 nitrogen and oxygen atoms in total. The van der Waals surface area contributed by atoms with Crippen LogP contribution in [0.3, 0.4) is 0 Å². The highest BCUT2D eigenvalue weighted by Gasteiger charge is 2.14. The molecule has 0 unspecified atom stereocenters. The summed E-state index contributed by atoms with van der Waals surface area (Å²) in [7, 11) is 0. The fourth-order valence-corrected chi connectivity index (χ4v) is 1.31. The minimum absolute atomic E-state index is 0.227. The second-order valence-corrected chi connectivity index (χ2v) is 2.79. The van der Waals surface area contributed by atoms with Crippen LogP contribution in [0.15, 0.2) is 6.20 Å². The van der Waals surface area contributed by atoms with Crippen LogP contribution >= 0.6 is 0 Å². The molecule has 1 heterocycles. The first-order chi connectivity index (χ1) is 6.70. The van der Waals surface area contributed by atoms with Gasteiger partial charge in [-0.1, -0.05) is 6.92 Å². The summed E-state index contributed by atoms with van der Waals surface area (Å²) >= 11 is 0. The lowest BCUT2D eigenvalue weighted by molar-refractivity contribution is 0.0695. The Balaban J connectivity index is 2.96. The zero-order valence-electron chi connectivity index (χ0n) is 7.90. The molecule has 0 atom stereocenters. The Morgan fingerprint density at radius 3 is 3.00 bits per heavy atom. The molecular formula is C9H11N3O2. The molecular weight excluding hydrogens is 182 g/mol. The van der Waals surface area contributed by atoms with E-state index in [1.807, 2.05) is 13.0 Å². The van der Waals surface area contributed by atoms with E-state index in [2.05, 4.69) is 5.10 Å². The van der Waals surface area contributed by atoms with Crippen molar-refractivity contribution in [1.29, 1.82) is 5.26 Å². The molecule has 1 aromatic rings. The van der Waals surface area contributed by atoms with Gasteiger partial charge in [0.05, 0.1) is 30.9 Å². The molecule has 0 saturated heterocycles. The molecule has 74 valence electrons. The van der Waals surface area contributed by atoms with Crippen LogP contribution in [0.2, 0.25) is 0 Å². The first-order valence-electron chi connectivity index (χ1n) is 4.35. The van der Waals surface area contributed by atoms with Crippen LogP contribution in [-0.4, -0.2) is 20.9 Å². The Kier molecular flexibility index (Phi) is 3.24. The minimum Gasteiger partial charge on any atom is -0.478 e. The van der Waals surface area contributed by atoms with Crippen molar-refractivity contribution in [3.05, 3.63) is 17.5 Å². The first-order valence-corrected chi connectivity index (χ1v) is 4.35. The molecule has 0 aromatic carbocycles. The smallest absolute Gasteiger partial charge is 0.339 e. The summed E-state index contributed by atoms with van der Waals surface area (Å²) in [5.41, 5.74) is 0.901. The number of aromatic carboxylic acids is 1. The van der Waals surface area contributed by atoms with Crippen molar-refractivity contribution < 1.29 is 9.90 Å². The van der Waals surface area contributed by atoms with Gasteiger partial charge < -0.3 is 5.11 Å². The summed E-state index contributed by atoms with van der Waals surface area (Å²) in [6, 6.07) is 2.00. The molecule has 1 N–H and O–H groups in total. The maximum Gasteiger partial charge on any atom is 0.339 e. The molecule has 0 saturated carbocycles. The second-order valence-electron chi connectivity index (χ2n) is 2.79. The van der Waals surface area contributed by atoms with Crippen LogP contribution in [0.1, 0.15) is 29.4 Å². The number of rotatable bonds is 4. The van der Waals surface area contributed by atoms with Crippen molar-refractivity contribution in [2.24, 2.45) is 0 Å². The lowest BCUT2D eigenvalue weighted by Crippen LogP contribution is -2.07. The van der Waals surface area contributed by atoms with E-state index in [9.17, 15) is 4.79 Å². The van der Waals surface area contributed by atoms with Crippen LogP contribution in [0, 0.1) is 11.3 Å². The van der Waals surface area contributed by atoms with E-state index in [1.54, 1.807) is 4.68 Å². The van der Waals surface area contributed by atoms with E-state index in [0.29, 0.717) is 25.1 Å². The van der Waals surface area contributed by atoms with Crippen molar-refractivity contribution in [3.63, 3.8) is 0 Å². The molecule has 0 bridgehead atoms. The fourth-order valence-electron chi connectivity index (χ4n) is 1.31. The number of aromatic nitrogens is 2. The van der Waals surface area contributed by atoms with Gasteiger partial charge in [-0.25, -0.2) is 4.79 Å². The number of nitrogens with zero attached hydrogens (tertiary/aromatic N) is 3. The van der Waals surface area contributed by atoms with Crippen molar-refractivity contribution in [1.82, 2.24) is 9.78 Å². The van der Waals surface area contributed by atoms with Gasteiger partial charge in [-0.05, 0) is 6.42 Å². The standard InChI is InChI=1S/C9H11N3O2/c1-2-8-7(9(13)14)6-11-12(8)5-3-4-10/h6H,2-3,5H2,1H3,(H,13,14). The number of hydrogen-bond acceptors (Lipinski definition) is 3. The largest absolute Gasteiger partial charge is 0.478 e. The van der Waals surface area contributed by atoms with Gasteiger partial charge in [0.2, 0.25) is 0 Å². The van der Waals surface area contributed by atoms with Gasteiger partial charge in [0.25, 0.3) is 0 Å². The third kappa shape index (κ3) is 1.91. The number of aryl methyl sites for hydroxylation is 1. The van der Waals surface area contributed by atoms with Gasteiger partial charge in [0.1, 0.15) is 5.56 Å². The van der Waals surface area contributed by atoms with Crippen molar-refractivity contribution >= 4 is 5.97 Å². The summed E-state index contributed by atoms with van der Waals surface area (Å²) in [6.07, 6.45) is 2.28. The van der Waals surface area contributed by atoms with E-state index in [0.717, 1.165) is 0 Å². The maximum atomic E-state index is 10.7. The predicted molar refractivity (Wildman–Crippen MR) is 48.8 cm³/mol. The Hall–Kier alpha value is -1.83. The molecule has 5 heteroatoms. The zero-order valence-corrected chi connectivity index (χ0v) is 7.90. The third-order valence-electron chi connectivity index (χ3n) is 1.95. The zero-order chi connectivity index (χ0) is 10.6. The molecule has 1 rings (SSSR count). The summed E-state index contributed by atoms with van der Waals surface area (Å²) < 4.78 is 1.58. The van der Waals surface area contributed by atoms with Gasteiger partial charge in [0.15, 0.2) is 0 Å². The lowest BCUT2D eigenvalue weighted by atomic mass is 10.2. The summed E-state index contributed by atoms with van der Waals surface area (Å²) in [5.74, 6) is -0.968. The average Bonchev–Trinajstić information content (AvgIpc) is 2.57. The summed E-state index contributed by atoms with van der Waals surface area (Å²) in [4.78, 5) is 10.7. The number of nitriles is 1. The Morgan fingerprint density at radius 2 is 2.50 bits per heavy atom. The number of carboxylic acid groups (broad SMARTS) is 1. The SMILES string of the molecule is CCc1c(C(=O)O)cnn1CCC#N. The predicted octanol–water partition coefficient (Wildman–Crippen LogP) is 1.06. The van der Waals surface area contributed by atoms with Crippen LogP contribution < -0.4 is 0 Å². The molecule has 0 radical (unpaired) electrons. The Morgan fingerprint density at radius 1 is 1.79 bits per heavy atom.